The number of hydrogen-bond acceptors (Lipinski definition) is 6. The standard InChI is InChI=1S/C31H23F2N3O4S2/c1-19-2-15-26-28(16-19)41-30(34-26)21-5-11-24(12-6-21)36-29(37)17-27(31(36)38)35(18-20-3-7-22(32)8-4-20)42(39,40)25-13-9-23(33)10-14-25/h2-16,27H,17-18H2,1H3. The minimum Gasteiger partial charge on any atom is -0.274 e. The van der Waals surface area contributed by atoms with Crippen LogP contribution in [0, 0.1) is 18.6 Å². The van der Waals surface area contributed by atoms with E-state index < -0.39 is 39.5 Å². The van der Waals surface area contributed by atoms with Gasteiger partial charge in [-0.1, -0.05) is 18.2 Å². The summed E-state index contributed by atoms with van der Waals surface area (Å²) in [5, 5.41) is 0.787. The smallest absolute Gasteiger partial charge is 0.252 e. The summed E-state index contributed by atoms with van der Waals surface area (Å²) in [5.41, 5.74) is 3.53. The number of aryl methyl sites for hydroxylation is 1. The zero-order valence-electron chi connectivity index (χ0n) is 22.2. The van der Waals surface area contributed by atoms with Gasteiger partial charge in [-0.25, -0.2) is 27.1 Å². The molecule has 0 spiro atoms. The molecule has 1 aliphatic rings. The molecule has 0 N–H and O–H groups in total. The fourth-order valence-corrected chi connectivity index (χ4v) is 7.53. The molecule has 7 nitrogen and oxygen atoms in total. The molecule has 0 aliphatic carbocycles. The summed E-state index contributed by atoms with van der Waals surface area (Å²) in [6.45, 7) is 1.71. The van der Waals surface area contributed by atoms with E-state index in [0.717, 1.165) is 59.8 Å². The molecule has 11 heteroatoms. The van der Waals surface area contributed by atoms with Gasteiger partial charge >= 0.3 is 0 Å². The van der Waals surface area contributed by atoms with Crippen LogP contribution in [0.4, 0.5) is 14.5 Å². The fraction of sp³-hybridized carbons (Fsp3) is 0.129. The molecular formula is C31H23F2N3O4S2. The van der Waals surface area contributed by atoms with E-state index in [1.807, 2.05) is 19.1 Å². The van der Waals surface area contributed by atoms with Crippen LogP contribution in [0.1, 0.15) is 17.5 Å². The highest BCUT2D eigenvalue weighted by molar-refractivity contribution is 7.89. The minimum atomic E-state index is -4.36. The molecule has 6 rings (SSSR count). The Kier molecular flexibility index (Phi) is 7.17. The molecular weight excluding hydrogens is 580 g/mol. The number of benzene rings is 4. The predicted molar refractivity (Wildman–Crippen MR) is 156 cm³/mol. The zero-order chi connectivity index (χ0) is 29.6. The lowest BCUT2D eigenvalue weighted by molar-refractivity contribution is -0.122. The first-order chi connectivity index (χ1) is 20.1. The normalized spacial score (nSPS) is 15.7. The van der Waals surface area contributed by atoms with Gasteiger partial charge in [0.25, 0.3) is 5.91 Å². The maximum Gasteiger partial charge on any atom is 0.252 e. The number of hydrogen-bond donors (Lipinski definition) is 0. The molecule has 5 aromatic rings. The Morgan fingerprint density at radius 1 is 0.905 bits per heavy atom. The third-order valence-electron chi connectivity index (χ3n) is 7.06. The predicted octanol–water partition coefficient (Wildman–Crippen LogP) is 6.07. The molecule has 1 unspecified atom stereocenters. The van der Waals surface area contributed by atoms with Gasteiger partial charge in [0.1, 0.15) is 22.7 Å². The van der Waals surface area contributed by atoms with Crippen molar-refractivity contribution < 1.29 is 26.8 Å². The quantitative estimate of drug-likeness (QED) is 0.211. The molecule has 0 radical (unpaired) electrons. The number of fused-ring (bicyclic) bond motifs is 1. The molecule has 1 saturated heterocycles. The van der Waals surface area contributed by atoms with Gasteiger partial charge in [0.15, 0.2) is 0 Å². The molecule has 1 atom stereocenters. The molecule has 1 aliphatic heterocycles. The molecule has 212 valence electrons. The second kappa shape index (κ2) is 10.8. The van der Waals surface area contributed by atoms with E-state index in [2.05, 4.69) is 11.1 Å². The average Bonchev–Trinajstić information content (AvgIpc) is 3.52. The third-order valence-corrected chi connectivity index (χ3v) is 9.99. The number of amides is 2. The lowest BCUT2D eigenvalue weighted by Crippen LogP contribution is -2.45. The van der Waals surface area contributed by atoms with Crippen LogP contribution in [-0.2, 0) is 26.2 Å². The van der Waals surface area contributed by atoms with Crippen molar-refractivity contribution in [2.45, 2.75) is 30.8 Å². The van der Waals surface area contributed by atoms with Crippen LogP contribution in [0.5, 0.6) is 0 Å². The lowest BCUT2D eigenvalue weighted by Gasteiger charge is -2.27. The topological polar surface area (TPSA) is 87.7 Å². The molecule has 0 saturated carbocycles. The number of sulfonamides is 1. The number of aromatic nitrogens is 1. The Morgan fingerprint density at radius 2 is 1.55 bits per heavy atom. The van der Waals surface area contributed by atoms with Gasteiger partial charge in [-0.2, -0.15) is 4.31 Å². The van der Waals surface area contributed by atoms with Crippen molar-refractivity contribution in [3.05, 3.63) is 114 Å². The maximum absolute atomic E-state index is 13.7. The Morgan fingerprint density at radius 3 is 2.21 bits per heavy atom. The second-order valence-electron chi connectivity index (χ2n) is 9.96. The molecule has 2 amide bonds. The Bertz CT molecular complexity index is 1920. The molecule has 0 bridgehead atoms. The van der Waals surface area contributed by atoms with Gasteiger partial charge in [0, 0.05) is 12.1 Å². The van der Waals surface area contributed by atoms with Crippen LogP contribution in [-0.4, -0.2) is 35.6 Å². The van der Waals surface area contributed by atoms with Crippen LogP contribution < -0.4 is 4.90 Å². The van der Waals surface area contributed by atoms with Gasteiger partial charge in [-0.3, -0.25) is 9.59 Å². The molecule has 1 fully saturated rings. The van der Waals surface area contributed by atoms with Crippen LogP contribution in [0.2, 0.25) is 0 Å². The van der Waals surface area contributed by atoms with Crippen molar-refractivity contribution in [2.24, 2.45) is 0 Å². The average molecular weight is 604 g/mol. The van der Waals surface area contributed by atoms with Crippen LogP contribution in [0.25, 0.3) is 20.8 Å². The summed E-state index contributed by atoms with van der Waals surface area (Å²) in [7, 11) is -4.36. The summed E-state index contributed by atoms with van der Waals surface area (Å²) in [4.78, 5) is 32.3. The first kappa shape index (κ1) is 27.8. The van der Waals surface area contributed by atoms with Crippen LogP contribution in [0.15, 0.2) is 95.9 Å². The SMILES string of the molecule is Cc1ccc2nc(-c3ccc(N4C(=O)CC(N(Cc5ccc(F)cc5)S(=O)(=O)c5ccc(F)cc5)C4=O)cc3)sc2c1. The van der Waals surface area contributed by atoms with Crippen molar-refractivity contribution in [1.82, 2.24) is 9.29 Å². The second-order valence-corrected chi connectivity index (χ2v) is 12.9. The number of carbonyl (C=O) groups excluding carboxylic acids is 2. The van der Waals surface area contributed by atoms with E-state index in [-0.39, 0.29) is 17.9 Å². The van der Waals surface area contributed by atoms with Gasteiger partial charge in [-0.15, -0.1) is 11.3 Å². The van der Waals surface area contributed by atoms with Crippen LogP contribution >= 0.6 is 11.3 Å². The molecule has 2 heterocycles. The van der Waals surface area contributed by atoms with E-state index in [4.69, 9.17) is 0 Å². The number of anilines is 1. The monoisotopic (exact) mass is 603 g/mol. The van der Waals surface area contributed by atoms with E-state index in [1.165, 1.54) is 35.6 Å². The van der Waals surface area contributed by atoms with E-state index >= 15 is 0 Å². The number of thiazole rings is 1. The Balaban J connectivity index is 1.31. The Hall–Kier alpha value is -4.32. The number of nitrogens with zero attached hydrogens (tertiary/aromatic N) is 3. The summed E-state index contributed by atoms with van der Waals surface area (Å²) in [6.07, 6.45) is -0.389. The summed E-state index contributed by atoms with van der Waals surface area (Å²) in [5.74, 6) is -2.40. The fourth-order valence-electron chi connectivity index (χ4n) is 4.89. The first-order valence-electron chi connectivity index (χ1n) is 13.0. The highest BCUT2D eigenvalue weighted by Crippen LogP contribution is 2.34. The number of carbonyl (C=O) groups is 2. The van der Waals surface area contributed by atoms with Crippen molar-refractivity contribution in [1.29, 1.82) is 0 Å². The highest BCUT2D eigenvalue weighted by Gasteiger charge is 2.47. The summed E-state index contributed by atoms with van der Waals surface area (Å²) in [6, 6.07) is 20.8. The van der Waals surface area contributed by atoms with Crippen molar-refractivity contribution in [3.8, 4) is 10.6 Å². The highest BCUT2D eigenvalue weighted by atomic mass is 32.2. The van der Waals surface area contributed by atoms with Crippen molar-refractivity contribution >= 4 is 49.1 Å². The van der Waals surface area contributed by atoms with E-state index in [1.54, 1.807) is 24.3 Å². The minimum absolute atomic E-state index is 0.236. The van der Waals surface area contributed by atoms with E-state index in [9.17, 15) is 26.8 Å². The number of imide groups is 1. The zero-order valence-corrected chi connectivity index (χ0v) is 23.8. The lowest BCUT2D eigenvalue weighted by atomic mass is 10.2. The van der Waals surface area contributed by atoms with Crippen molar-refractivity contribution in [3.63, 3.8) is 0 Å². The van der Waals surface area contributed by atoms with Crippen molar-refractivity contribution in [2.75, 3.05) is 4.90 Å². The summed E-state index contributed by atoms with van der Waals surface area (Å²) >= 11 is 1.53. The maximum atomic E-state index is 13.7. The van der Waals surface area contributed by atoms with Gasteiger partial charge in [-0.05, 0) is 90.8 Å². The number of halogens is 2. The third kappa shape index (κ3) is 5.22. The molecule has 4 aromatic carbocycles. The van der Waals surface area contributed by atoms with Gasteiger partial charge in [0.05, 0.1) is 27.2 Å². The van der Waals surface area contributed by atoms with E-state index in [0.29, 0.717) is 11.3 Å². The molecule has 42 heavy (non-hydrogen) atoms. The van der Waals surface area contributed by atoms with Gasteiger partial charge in [0.2, 0.25) is 15.9 Å². The largest absolute Gasteiger partial charge is 0.274 e. The molecule has 1 aromatic heterocycles. The van der Waals surface area contributed by atoms with Gasteiger partial charge < -0.3 is 0 Å². The Labute approximate surface area is 244 Å². The summed E-state index contributed by atoms with van der Waals surface area (Å²) < 4.78 is 56.6. The van der Waals surface area contributed by atoms with Crippen LogP contribution in [0.3, 0.4) is 0 Å². The first-order valence-corrected chi connectivity index (χ1v) is 15.2. The number of rotatable bonds is 7.